The van der Waals surface area contributed by atoms with Gasteiger partial charge in [-0.15, -0.1) is 0 Å². The molecule has 0 saturated carbocycles. The number of benzene rings is 2. The zero-order chi connectivity index (χ0) is 25.3. The minimum atomic E-state index is -0.829. The summed E-state index contributed by atoms with van der Waals surface area (Å²) in [5.41, 5.74) is 1.41. The van der Waals surface area contributed by atoms with E-state index in [9.17, 15) is 14.7 Å². The first-order chi connectivity index (χ1) is 16.8. The van der Waals surface area contributed by atoms with Crippen LogP contribution in [0.15, 0.2) is 61.9 Å². The van der Waals surface area contributed by atoms with Crippen LogP contribution in [0.25, 0.3) is 6.08 Å². The highest BCUT2D eigenvalue weighted by molar-refractivity contribution is 9.10. The molecule has 4 rings (SSSR count). The summed E-state index contributed by atoms with van der Waals surface area (Å²) in [5.74, 6) is 0.498. The van der Waals surface area contributed by atoms with Gasteiger partial charge in [-0.25, -0.2) is 9.79 Å². The van der Waals surface area contributed by atoms with E-state index < -0.39 is 12.0 Å². The van der Waals surface area contributed by atoms with Gasteiger partial charge in [0, 0.05) is 21.7 Å². The van der Waals surface area contributed by atoms with Gasteiger partial charge in [-0.1, -0.05) is 27.3 Å². The summed E-state index contributed by atoms with van der Waals surface area (Å²) in [5, 5.41) is 10.3. The number of hydrogen-bond acceptors (Lipinski definition) is 8. The Morgan fingerprint density at radius 3 is 2.69 bits per heavy atom. The molecule has 10 heteroatoms. The lowest BCUT2D eigenvalue weighted by atomic mass is 9.95. The van der Waals surface area contributed by atoms with Crippen LogP contribution in [0, 0.1) is 0 Å². The molecule has 1 aromatic heterocycles. The number of carbonyl (C=O) groups is 1. The Morgan fingerprint density at radius 2 is 2.00 bits per heavy atom. The molecular formula is C25H23BrN2O6S. The first-order valence-corrected chi connectivity index (χ1v) is 12.3. The lowest BCUT2D eigenvalue weighted by Crippen LogP contribution is -2.40. The van der Waals surface area contributed by atoms with Gasteiger partial charge < -0.3 is 19.3 Å². The van der Waals surface area contributed by atoms with Crippen LogP contribution in [0.4, 0.5) is 0 Å². The normalized spacial score (nSPS) is 15.5. The molecule has 0 unspecified atom stereocenters. The Balaban J connectivity index is 2.01. The highest BCUT2D eigenvalue weighted by atomic mass is 79.9. The molecule has 0 fully saturated rings. The lowest BCUT2D eigenvalue weighted by molar-refractivity contribution is -0.139. The number of hydrogen-bond donors (Lipinski definition) is 1. The number of phenolic OH excluding ortho intramolecular Hbond substituents is 1. The van der Waals surface area contributed by atoms with Gasteiger partial charge in [0.15, 0.2) is 4.80 Å². The molecule has 1 aliphatic heterocycles. The maximum Gasteiger partial charge on any atom is 0.338 e. The third-order valence-corrected chi connectivity index (χ3v) is 7.00. The zero-order valence-electron chi connectivity index (χ0n) is 19.5. The molecule has 0 saturated heterocycles. The number of carbonyl (C=O) groups excluding carboxylic acids is 1. The number of allylic oxidation sites excluding steroid dienone is 1. The van der Waals surface area contributed by atoms with Crippen molar-refractivity contribution in [3.8, 4) is 17.2 Å². The minimum Gasteiger partial charge on any atom is -0.507 e. The Bertz CT molecular complexity index is 1520. The molecule has 0 bridgehead atoms. The molecule has 3 aromatic rings. The molecule has 8 nitrogen and oxygen atoms in total. The van der Waals surface area contributed by atoms with Gasteiger partial charge >= 0.3 is 5.97 Å². The fourth-order valence-electron chi connectivity index (χ4n) is 3.91. The number of thiazole rings is 1. The third-order valence-electron chi connectivity index (χ3n) is 5.53. The van der Waals surface area contributed by atoms with Gasteiger partial charge in [0.05, 0.1) is 36.6 Å². The molecule has 0 spiro atoms. The molecular weight excluding hydrogens is 536 g/mol. The van der Waals surface area contributed by atoms with Gasteiger partial charge in [-0.3, -0.25) is 9.36 Å². The lowest BCUT2D eigenvalue weighted by Gasteiger charge is -2.26. The largest absolute Gasteiger partial charge is 0.507 e. The van der Waals surface area contributed by atoms with Crippen LogP contribution < -0.4 is 24.4 Å². The standard InChI is InChI=1S/C25H23BrN2O6S/c1-5-34-24(31)21-13(2)27-25-28(22(21)17-8-7-16(32-3)12-19(17)33-4)23(30)20(35-25)11-14-10-15(26)6-9-18(14)29/h6-12,22,29H,5H2,1-4H3/b20-11-/t22-/m1/s1. The second-order valence-corrected chi connectivity index (χ2v) is 9.54. The number of fused-ring (bicyclic) bond motifs is 1. The number of halogens is 1. The zero-order valence-corrected chi connectivity index (χ0v) is 21.9. The average Bonchev–Trinajstić information content (AvgIpc) is 3.14. The highest BCUT2D eigenvalue weighted by Gasteiger charge is 2.35. The summed E-state index contributed by atoms with van der Waals surface area (Å²) in [6, 6.07) is 9.34. The molecule has 1 atom stereocenters. The Hall–Kier alpha value is -3.37. The van der Waals surface area contributed by atoms with Crippen LogP contribution in [-0.2, 0) is 9.53 Å². The number of methoxy groups -OCH3 is 2. The second-order valence-electron chi connectivity index (χ2n) is 7.61. The van der Waals surface area contributed by atoms with E-state index in [0.29, 0.717) is 37.7 Å². The van der Waals surface area contributed by atoms with Gasteiger partial charge in [-0.2, -0.15) is 0 Å². The molecule has 0 radical (unpaired) electrons. The van der Waals surface area contributed by atoms with E-state index >= 15 is 0 Å². The van der Waals surface area contributed by atoms with Crippen LogP contribution in [0.3, 0.4) is 0 Å². The van der Waals surface area contributed by atoms with Crippen molar-refractivity contribution in [1.29, 1.82) is 0 Å². The van der Waals surface area contributed by atoms with E-state index in [1.807, 2.05) is 0 Å². The van der Waals surface area contributed by atoms with Crippen molar-refractivity contribution in [2.75, 3.05) is 20.8 Å². The van der Waals surface area contributed by atoms with Crippen molar-refractivity contribution >= 4 is 39.3 Å². The summed E-state index contributed by atoms with van der Waals surface area (Å²) in [7, 11) is 3.06. The molecule has 0 amide bonds. The molecule has 1 aliphatic rings. The highest BCUT2D eigenvalue weighted by Crippen LogP contribution is 2.37. The van der Waals surface area contributed by atoms with Crippen molar-refractivity contribution < 1.29 is 24.1 Å². The van der Waals surface area contributed by atoms with Crippen molar-refractivity contribution in [1.82, 2.24) is 4.57 Å². The summed E-state index contributed by atoms with van der Waals surface area (Å²) in [4.78, 5) is 31.7. The third kappa shape index (κ3) is 4.63. The van der Waals surface area contributed by atoms with E-state index in [1.54, 1.807) is 63.4 Å². The van der Waals surface area contributed by atoms with Crippen molar-refractivity contribution in [3.05, 3.63) is 83.0 Å². The monoisotopic (exact) mass is 558 g/mol. The molecule has 2 aromatic carbocycles. The average molecular weight is 559 g/mol. The number of nitrogens with zero attached hydrogens (tertiary/aromatic N) is 2. The van der Waals surface area contributed by atoms with Gasteiger partial charge in [-0.05, 0) is 50.3 Å². The summed E-state index contributed by atoms with van der Waals surface area (Å²) in [6.07, 6.45) is 1.61. The van der Waals surface area contributed by atoms with E-state index in [-0.39, 0.29) is 23.5 Å². The van der Waals surface area contributed by atoms with Crippen LogP contribution in [0.1, 0.15) is 31.0 Å². The summed E-state index contributed by atoms with van der Waals surface area (Å²) in [6.45, 7) is 3.61. The topological polar surface area (TPSA) is 99.4 Å². The van der Waals surface area contributed by atoms with E-state index in [2.05, 4.69) is 20.9 Å². The fraction of sp³-hybridized carbons (Fsp3) is 0.240. The number of aromatic hydroxyl groups is 1. The number of ether oxygens (including phenoxy) is 3. The summed E-state index contributed by atoms with van der Waals surface area (Å²) >= 11 is 4.56. The number of esters is 1. The van der Waals surface area contributed by atoms with Crippen LogP contribution >= 0.6 is 27.3 Å². The maximum absolute atomic E-state index is 13.7. The van der Waals surface area contributed by atoms with Crippen LogP contribution in [0.2, 0.25) is 0 Å². The van der Waals surface area contributed by atoms with Gasteiger partial charge in [0.2, 0.25) is 0 Å². The Kier molecular flexibility index (Phi) is 7.13. The van der Waals surface area contributed by atoms with Gasteiger partial charge in [0.25, 0.3) is 5.56 Å². The second kappa shape index (κ2) is 10.1. The quantitative estimate of drug-likeness (QED) is 0.466. The molecule has 0 aliphatic carbocycles. The van der Waals surface area contributed by atoms with Crippen molar-refractivity contribution in [2.45, 2.75) is 19.9 Å². The number of aromatic nitrogens is 1. The molecule has 35 heavy (non-hydrogen) atoms. The predicted octanol–water partition coefficient (Wildman–Crippen LogP) is 3.28. The molecule has 182 valence electrons. The van der Waals surface area contributed by atoms with Crippen LogP contribution in [-0.4, -0.2) is 36.5 Å². The van der Waals surface area contributed by atoms with E-state index in [4.69, 9.17) is 14.2 Å². The number of rotatable bonds is 6. The first kappa shape index (κ1) is 24.7. The molecule has 1 N–H and O–H groups in total. The van der Waals surface area contributed by atoms with Gasteiger partial charge in [0.1, 0.15) is 23.3 Å². The SMILES string of the molecule is CCOC(=O)C1=C(C)N=c2s/c(=C\c3cc(Br)ccc3O)c(=O)n2[C@@H]1c1ccc(OC)cc1OC. The van der Waals surface area contributed by atoms with Crippen LogP contribution in [0.5, 0.6) is 17.2 Å². The van der Waals surface area contributed by atoms with Crippen molar-refractivity contribution in [2.24, 2.45) is 4.99 Å². The van der Waals surface area contributed by atoms with E-state index in [1.165, 1.54) is 23.0 Å². The Morgan fingerprint density at radius 1 is 1.23 bits per heavy atom. The summed E-state index contributed by atoms with van der Waals surface area (Å²) < 4.78 is 18.8. The van der Waals surface area contributed by atoms with Crippen molar-refractivity contribution in [3.63, 3.8) is 0 Å². The fourth-order valence-corrected chi connectivity index (χ4v) is 5.33. The van der Waals surface area contributed by atoms with E-state index in [0.717, 1.165) is 4.47 Å². The minimum absolute atomic E-state index is 0.0378. The Labute approximate surface area is 213 Å². The first-order valence-electron chi connectivity index (χ1n) is 10.7. The predicted molar refractivity (Wildman–Crippen MR) is 136 cm³/mol. The number of phenols is 1. The molecule has 2 heterocycles. The maximum atomic E-state index is 13.7. The smallest absolute Gasteiger partial charge is 0.338 e.